The maximum absolute atomic E-state index is 14.0. The molecule has 108 valence electrons. The molecule has 0 aliphatic rings. The summed E-state index contributed by atoms with van der Waals surface area (Å²) in [6.45, 7) is 5.00. The fourth-order valence-corrected chi connectivity index (χ4v) is 2.56. The van der Waals surface area contributed by atoms with Gasteiger partial charge in [-0.25, -0.2) is 4.39 Å². The van der Waals surface area contributed by atoms with Crippen LogP contribution in [0.4, 0.5) is 4.39 Å². The van der Waals surface area contributed by atoms with E-state index in [-0.39, 0.29) is 11.9 Å². The molecule has 0 fully saturated rings. The zero-order valence-electron chi connectivity index (χ0n) is 11.7. The van der Waals surface area contributed by atoms with E-state index in [0.29, 0.717) is 12.0 Å². The Labute approximate surface area is 127 Å². The molecule has 1 aromatic heterocycles. The van der Waals surface area contributed by atoms with Crippen molar-refractivity contribution in [3.05, 3.63) is 57.7 Å². The van der Waals surface area contributed by atoms with Crippen LogP contribution in [0.3, 0.4) is 0 Å². The molecular weight excluding hydrogens is 321 g/mol. The van der Waals surface area contributed by atoms with Crippen LogP contribution >= 0.6 is 15.9 Å². The zero-order chi connectivity index (χ0) is 14.5. The minimum atomic E-state index is -0.188. The van der Waals surface area contributed by atoms with E-state index < -0.39 is 0 Å². The molecule has 1 atom stereocenters. The SMILES string of the molecule is CCCNC(Cc1ccc(Br)cc1F)c1occc1C. The van der Waals surface area contributed by atoms with E-state index in [4.69, 9.17) is 4.42 Å². The fraction of sp³-hybridized carbons (Fsp3) is 0.375. The van der Waals surface area contributed by atoms with Gasteiger partial charge in [0.15, 0.2) is 0 Å². The van der Waals surface area contributed by atoms with Crippen molar-refractivity contribution in [3.63, 3.8) is 0 Å². The maximum Gasteiger partial charge on any atom is 0.127 e. The molecule has 1 N–H and O–H groups in total. The largest absolute Gasteiger partial charge is 0.467 e. The van der Waals surface area contributed by atoms with Gasteiger partial charge in [0.25, 0.3) is 0 Å². The lowest BCUT2D eigenvalue weighted by atomic mass is 10.0. The van der Waals surface area contributed by atoms with E-state index in [1.165, 1.54) is 6.07 Å². The summed E-state index contributed by atoms with van der Waals surface area (Å²) in [5.74, 6) is 0.702. The Morgan fingerprint density at radius 2 is 2.15 bits per heavy atom. The van der Waals surface area contributed by atoms with E-state index in [9.17, 15) is 4.39 Å². The van der Waals surface area contributed by atoms with E-state index in [0.717, 1.165) is 28.8 Å². The van der Waals surface area contributed by atoms with Gasteiger partial charge in [-0.3, -0.25) is 0 Å². The summed E-state index contributed by atoms with van der Waals surface area (Å²) >= 11 is 3.28. The second kappa shape index (κ2) is 7.04. The average molecular weight is 340 g/mol. The van der Waals surface area contributed by atoms with Crippen LogP contribution in [-0.4, -0.2) is 6.54 Å². The molecular formula is C16H19BrFNO. The van der Waals surface area contributed by atoms with E-state index >= 15 is 0 Å². The lowest BCUT2D eigenvalue weighted by Gasteiger charge is -2.18. The van der Waals surface area contributed by atoms with Crippen LogP contribution in [0.2, 0.25) is 0 Å². The smallest absolute Gasteiger partial charge is 0.127 e. The van der Waals surface area contributed by atoms with Gasteiger partial charge in [-0.05, 0) is 55.6 Å². The summed E-state index contributed by atoms with van der Waals surface area (Å²) in [4.78, 5) is 0. The Morgan fingerprint density at radius 1 is 1.35 bits per heavy atom. The van der Waals surface area contributed by atoms with Gasteiger partial charge in [0, 0.05) is 4.47 Å². The molecule has 0 saturated heterocycles. The molecule has 1 aromatic carbocycles. The Hall–Kier alpha value is -1.13. The van der Waals surface area contributed by atoms with Crippen LogP contribution < -0.4 is 5.32 Å². The molecule has 0 radical (unpaired) electrons. The summed E-state index contributed by atoms with van der Waals surface area (Å²) in [6, 6.07) is 7.12. The highest BCUT2D eigenvalue weighted by Crippen LogP contribution is 2.25. The molecule has 0 aliphatic heterocycles. The average Bonchev–Trinajstić information content (AvgIpc) is 2.83. The van der Waals surface area contributed by atoms with E-state index in [2.05, 4.69) is 28.2 Å². The Balaban J connectivity index is 2.21. The molecule has 0 amide bonds. The number of halogens is 2. The highest BCUT2D eigenvalue weighted by molar-refractivity contribution is 9.10. The zero-order valence-corrected chi connectivity index (χ0v) is 13.3. The topological polar surface area (TPSA) is 25.2 Å². The van der Waals surface area contributed by atoms with Gasteiger partial charge >= 0.3 is 0 Å². The summed E-state index contributed by atoms with van der Waals surface area (Å²) in [5.41, 5.74) is 1.79. The molecule has 0 saturated carbocycles. The molecule has 4 heteroatoms. The van der Waals surface area contributed by atoms with Gasteiger partial charge in [0.1, 0.15) is 11.6 Å². The van der Waals surface area contributed by atoms with Crippen LogP contribution in [0, 0.1) is 12.7 Å². The second-order valence-corrected chi connectivity index (χ2v) is 5.83. The van der Waals surface area contributed by atoms with Crippen molar-refractivity contribution in [2.24, 2.45) is 0 Å². The Kier molecular flexibility index (Phi) is 5.38. The van der Waals surface area contributed by atoms with Crippen molar-refractivity contribution in [1.82, 2.24) is 5.32 Å². The van der Waals surface area contributed by atoms with E-state index in [1.54, 1.807) is 6.26 Å². The lowest BCUT2D eigenvalue weighted by Crippen LogP contribution is -2.24. The quantitative estimate of drug-likeness (QED) is 0.819. The molecule has 2 nitrogen and oxygen atoms in total. The molecule has 20 heavy (non-hydrogen) atoms. The van der Waals surface area contributed by atoms with Gasteiger partial charge in [-0.15, -0.1) is 0 Å². The third kappa shape index (κ3) is 3.70. The highest BCUT2D eigenvalue weighted by Gasteiger charge is 2.18. The molecule has 1 unspecified atom stereocenters. The third-order valence-corrected chi connectivity index (χ3v) is 3.79. The monoisotopic (exact) mass is 339 g/mol. The summed E-state index contributed by atoms with van der Waals surface area (Å²) in [5, 5.41) is 3.43. The molecule has 1 heterocycles. The predicted molar refractivity (Wildman–Crippen MR) is 82.3 cm³/mol. The minimum absolute atomic E-state index is 0.000579. The van der Waals surface area contributed by atoms with Crippen LogP contribution in [0.15, 0.2) is 39.4 Å². The minimum Gasteiger partial charge on any atom is -0.467 e. The molecule has 0 bridgehead atoms. The van der Waals surface area contributed by atoms with Crippen molar-refractivity contribution in [2.45, 2.75) is 32.7 Å². The van der Waals surface area contributed by atoms with Crippen molar-refractivity contribution in [2.75, 3.05) is 6.54 Å². The van der Waals surface area contributed by atoms with Crippen molar-refractivity contribution in [1.29, 1.82) is 0 Å². The van der Waals surface area contributed by atoms with Gasteiger partial charge in [-0.2, -0.15) is 0 Å². The first-order valence-corrected chi connectivity index (χ1v) is 7.62. The highest BCUT2D eigenvalue weighted by atomic mass is 79.9. The van der Waals surface area contributed by atoms with Crippen molar-refractivity contribution >= 4 is 15.9 Å². The molecule has 2 aromatic rings. The second-order valence-electron chi connectivity index (χ2n) is 4.91. The molecule has 0 spiro atoms. The maximum atomic E-state index is 14.0. The normalized spacial score (nSPS) is 12.6. The standard InChI is InChI=1S/C16H19BrFNO/c1-3-7-19-15(16-11(2)6-8-20-16)9-12-4-5-13(17)10-14(12)18/h4-6,8,10,15,19H,3,7,9H2,1-2H3. The number of furan rings is 1. The number of hydrogen-bond donors (Lipinski definition) is 1. The first-order valence-electron chi connectivity index (χ1n) is 6.83. The van der Waals surface area contributed by atoms with Crippen molar-refractivity contribution in [3.8, 4) is 0 Å². The van der Waals surface area contributed by atoms with Gasteiger partial charge < -0.3 is 9.73 Å². The molecule has 0 aliphatic carbocycles. The van der Waals surface area contributed by atoms with Gasteiger partial charge in [0.05, 0.1) is 12.3 Å². The number of hydrogen-bond acceptors (Lipinski definition) is 2. The van der Waals surface area contributed by atoms with Crippen LogP contribution in [0.1, 0.15) is 36.3 Å². The fourth-order valence-electron chi connectivity index (χ4n) is 2.22. The van der Waals surface area contributed by atoms with Gasteiger partial charge in [0.2, 0.25) is 0 Å². The number of aryl methyl sites for hydroxylation is 1. The lowest BCUT2D eigenvalue weighted by molar-refractivity contribution is 0.404. The van der Waals surface area contributed by atoms with Crippen molar-refractivity contribution < 1.29 is 8.81 Å². The first kappa shape index (κ1) is 15.3. The van der Waals surface area contributed by atoms with Crippen LogP contribution in [-0.2, 0) is 6.42 Å². The summed E-state index contributed by atoms with van der Waals surface area (Å²) in [6.07, 6.45) is 3.29. The Morgan fingerprint density at radius 3 is 2.75 bits per heavy atom. The first-order chi connectivity index (χ1) is 9.61. The Bertz CT molecular complexity index is 567. The molecule has 2 rings (SSSR count). The van der Waals surface area contributed by atoms with E-state index in [1.807, 2.05) is 25.1 Å². The van der Waals surface area contributed by atoms with Crippen LogP contribution in [0.25, 0.3) is 0 Å². The predicted octanol–water partition coefficient (Wildman–Crippen LogP) is 4.77. The number of benzene rings is 1. The van der Waals surface area contributed by atoms with Crippen LogP contribution in [0.5, 0.6) is 0 Å². The summed E-state index contributed by atoms with van der Waals surface area (Å²) < 4.78 is 20.3. The summed E-state index contributed by atoms with van der Waals surface area (Å²) in [7, 11) is 0. The number of nitrogens with one attached hydrogen (secondary N) is 1. The van der Waals surface area contributed by atoms with Gasteiger partial charge in [-0.1, -0.05) is 28.9 Å². The third-order valence-electron chi connectivity index (χ3n) is 3.30. The number of rotatable bonds is 6.